The molecule has 2 atom stereocenters. The summed E-state index contributed by atoms with van der Waals surface area (Å²) in [5, 5.41) is 3.68. The van der Waals surface area contributed by atoms with E-state index in [1.807, 2.05) is 6.07 Å². The Morgan fingerprint density at radius 2 is 1.63 bits per heavy atom. The Balaban J connectivity index is 1.91. The van der Waals surface area contributed by atoms with Gasteiger partial charge in [0.1, 0.15) is 0 Å². The first-order valence-electron chi connectivity index (χ1n) is 6.85. The molecular formula is C17H18BrN. The number of benzene rings is 2. The van der Waals surface area contributed by atoms with Crippen LogP contribution in [0.25, 0.3) is 0 Å². The van der Waals surface area contributed by atoms with Gasteiger partial charge in [-0.1, -0.05) is 43.3 Å². The third-order valence-electron chi connectivity index (χ3n) is 3.99. The quantitative estimate of drug-likeness (QED) is 0.771. The molecule has 3 rings (SSSR count). The predicted octanol–water partition coefficient (Wildman–Crippen LogP) is 5.50. The Bertz CT molecular complexity index is 579. The second-order valence-electron chi connectivity index (χ2n) is 5.28. The van der Waals surface area contributed by atoms with Crippen molar-refractivity contribution in [3.63, 3.8) is 0 Å². The summed E-state index contributed by atoms with van der Waals surface area (Å²) in [5.74, 6) is 0.675. The fraction of sp³-hybridized carbons (Fsp3) is 0.294. The highest BCUT2D eigenvalue weighted by atomic mass is 79.9. The summed E-state index contributed by atoms with van der Waals surface area (Å²) in [5.41, 5.74) is 4.13. The molecule has 0 bridgehead atoms. The fourth-order valence-corrected chi connectivity index (χ4v) is 3.32. The summed E-state index contributed by atoms with van der Waals surface area (Å²) in [6, 6.07) is 17.6. The first-order valence-corrected chi connectivity index (χ1v) is 7.65. The molecule has 0 aromatic heterocycles. The normalized spacial score (nSPS) is 21.8. The molecule has 0 heterocycles. The van der Waals surface area contributed by atoms with Crippen molar-refractivity contribution in [1.29, 1.82) is 0 Å². The van der Waals surface area contributed by atoms with Crippen LogP contribution in [0.1, 0.15) is 42.9 Å². The SMILES string of the molecule is CC1CCC(Nc2ccccc2Br)c2ccccc21. The van der Waals surface area contributed by atoms with Gasteiger partial charge >= 0.3 is 0 Å². The minimum Gasteiger partial charge on any atom is -0.377 e. The third-order valence-corrected chi connectivity index (χ3v) is 4.69. The highest BCUT2D eigenvalue weighted by molar-refractivity contribution is 9.10. The number of rotatable bonds is 2. The molecule has 2 heteroatoms. The summed E-state index contributed by atoms with van der Waals surface area (Å²) in [6.45, 7) is 2.33. The highest BCUT2D eigenvalue weighted by Gasteiger charge is 2.24. The van der Waals surface area contributed by atoms with Gasteiger partial charge < -0.3 is 5.32 Å². The Morgan fingerprint density at radius 3 is 2.42 bits per heavy atom. The molecule has 1 aliphatic carbocycles. The minimum atomic E-state index is 0.422. The zero-order valence-electron chi connectivity index (χ0n) is 11.1. The Labute approximate surface area is 123 Å². The number of hydrogen-bond acceptors (Lipinski definition) is 1. The Hall–Kier alpha value is -1.28. The van der Waals surface area contributed by atoms with Crippen molar-refractivity contribution in [2.75, 3.05) is 5.32 Å². The first-order chi connectivity index (χ1) is 9.25. The molecule has 2 unspecified atom stereocenters. The van der Waals surface area contributed by atoms with Crippen LogP contribution in [0.5, 0.6) is 0 Å². The molecule has 98 valence electrons. The van der Waals surface area contributed by atoms with Gasteiger partial charge in [-0.25, -0.2) is 0 Å². The lowest BCUT2D eigenvalue weighted by Crippen LogP contribution is -2.19. The van der Waals surface area contributed by atoms with Gasteiger partial charge in [0.25, 0.3) is 0 Å². The van der Waals surface area contributed by atoms with Crippen LogP contribution in [0.2, 0.25) is 0 Å². The number of halogens is 1. The molecule has 1 aliphatic rings. The van der Waals surface area contributed by atoms with Crippen LogP contribution < -0.4 is 5.32 Å². The van der Waals surface area contributed by atoms with Crippen molar-refractivity contribution >= 4 is 21.6 Å². The largest absolute Gasteiger partial charge is 0.377 e. The van der Waals surface area contributed by atoms with Crippen LogP contribution in [0.3, 0.4) is 0 Å². The monoisotopic (exact) mass is 315 g/mol. The number of fused-ring (bicyclic) bond motifs is 1. The van der Waals surface area contributed by atoms with Crippen LogP contribution in [-0.4, -0.2) is 0 Å². The number of para-hydroxylation sites is 1. The van der Waals surface area contributed by atoms with Gasteiger partial charge in [-0.15, -0.1) is 0 Å². The molecule has 1 nitrogen and oxygen atoms in total. The van der Waals surface area contributed by atoms with Gasteiger partial charge in [0.05, 0.1) is 6.04 Å². The van der Waals surface area contributed by atoms with Crippen molar-refractivity contribution in [2.24, 2.45) is 0 Å². The number of hydrogen-bond donors (Lipinski definition) is 1. The van der Waals surface area contributed by atoms with Crippen LogP contribution >= 0.6 is 15.9 Å². The highest BCUT2D eigenvalue weighted by Crippen LogP contribution is 2.39. The van der Waals surface area contributed by atoms with E-state index in [-0.39, 0.29) is 0 Å². The molecule has 19 heavy (non-hydrogen) atoms. The Kier molecular flexibility index (Phi) is 3.61. The molecule has 0 spiro atoms. The van der Waals surface area contributed by atoms with E-state index in [1.54, 1.807) is 0 Å². The molecule has 0 fully saturated rings. The van der Waals surface area contributed by atoms with Crippen molar-refractivity contribution in [3.05, 3.63) is 64.1 Å². The van der Waals surface area contributed by atoms with E-state index >= 15 is 0 Å². The maximum absolute atomic E-state index is 3.68. The smallest absolute Gasteiger partial charge is 0.0517 e. The molecule has 0 aliphatic heterocycles. The van der Waals surface area contributed by atoms with Crippen molar-refractivity contribution in [3.8, 4) is 0 Å². The van der Waals surface area contributed by atoms with Crippen LogP contribution in [0, 0.1) is 0 Å². The molecule has 0 saturated heterocycles. The molecule has 2 aromatic rings. The second kappa shape index (κ2) is 5.38. The van der Waals surface area contributed by atoms with Crippen molar-refractivity contribution in [1.82, 2.24) is 0 Å². The second-order valence-corrected chi connectivity index (χ2v) is 6.14. The number of anilines is 1. The summed E-state index contributed by atoms with van der Waals surface area (Å²) >= 11 is 3.61. The van der Waals surface area contributed by atoms with Gasteiger partial charge in [0.2, 0.25) is 0 Å². The first kappa shape index (κ1) is 12.7. The lowest BCUT2D eigenvalue weighted by atomic mass is 9.81. The lowest BCUT2D eigenvalue weighted by Gasteiger charge is -2.31. The lowest BCUT2D eigenvalue weighted by molar-refractivity contribution is 0.534. The molecule has 0 saturated carbocycles. The predicted molar refractivity (Wildman–Crippen MR) is 84.6 cm³/mol. The van der Waals surface area contributed by atoms with E-state index in [1.165, 1.54) is 29.7 Å². The van der Waals surface area contributed by atoms with E-state index < -0.39 is 0 Å². The van der Waals surface area contributed by atoms with Crippen molar-refractivity contribution < 1.29 is 0 Å². The topological polar surface area (TPSA) is 12.0 Å². The minimum absolute atomic E-state index is 0.422. The average molecular weight is 316 g/mol. The maximum atomic E-state index is 3.68. The molecular weight excluding hydrogens is 298 g/mol. The van der Waals surface area contributed by atoms with Crippen molar-refractivity contribution in [2.45, 2.75) is 31.7 Å². The standard InChI is InChI=1S/C17H18BrN/c1-12-10-11-16(14-7-3-2-6-13(12)14)19-17-9-5-4-8-15(17)18/h2-9,12,16,19H,10-11H2,1H3. The molecule has 1 N–H and O–H groups in total. The van der Waals surface area contributed by atoms with E-state index in [0.29, 0.717) is 12.0 Å². The van der Waals surface area contributed by atoms with E-state index in [9.17, 15) is 0 Å². The fourth-order valence-electron chi connectivity index (χ4n) is 2.92. The molecule has 2 aromatic carbocycles. The van der Waals surface area contributed by atoms with E-state index in [4.69, 9.17) is 0 Å². The number of nitrogens with one attached hydrogen (secondary N) is 1. The summed E-state index contributed by atoms with van der Waals surface area (Å²) in [7, 11) is 0. The van der Waals surface area contributed by atoms with Gasteiger partial charge in [-0.3, -0.25) is 0 Å². The van der Waals surface area contributed by atoms with Gasteiger partial charge in [0, 0.05) is 10.2 Å². The van der Waals surface area contributed by atoms with E-state index in [2.05, 4.69) is 70.6 Å². The summed E-state index contributed by atoms with van der Waals surface area (Å²) in [6.07, 6.45) is 2.44. The van der Waals surface area contributed by atoms with Gasteiger partial charge in [-0.05, 0) is 57.9 Å². The zero-order valence-corrected chi connectivity index (χ0v) is 12.7. The van der Waals surface area contributed by atoms with Crippen LogP contribution in [-0.2, 0) is 0 Å². The van der Waals surface area contributed by atoms with Gasteiger partial charge in [0.15, 0.2) is 0 Å². The van der Waals surface area contributed by atoms with E-state index in [0.717, 1.165) is 4.47 Å². The summed E-state index contributed by atoms with van der Waals surface area (Å²) in [4.78, 5) is 0. The van der Waals surface area contributed by atoms with Crippen LogP contribution in [0.15, 0.2) is 53.0 Å². The van der Waals surface area contributed by atoms with Gasteiger partial charge in [-0.2, -0.15) is 0 Å². The zero-order chi connectivity index (χ0) is 13.2. The van der Waals surface area contributed by atoms with Crippen LogP contribution in [0.4, 0.5) is 5.69 Å². The molecule has 0 radical (unpaired) electrons. The molecule has 0 amide bonds. The summed E-state index contributed by atoms with van der Waals surface area (Å²) < 4.78 is 1.13. The maximum Gasteiger partial charge on any atom is 0.0517 e. The Morgan fingerprint density at radius 1 is 0.947 bits per heavy atom. The third kappa shape index (κ3) is 2.55. The average Bonchev–Trinajstić information content (AvgIpc) is 2.44.